The molecule has 0 bridgehead atoms. The van der Waals surface area contributed by atoms with Crippen LogP contribution < -0.4 is 11.1 Å². The van der Waals surface area contributed by atoms with E-state index in [0.29, 0.717) is 12.1 Å². The zero-order valence-electron chi connectivity index (χ0n) is 16.4. The second kappa shape index (κ2) is 8.17. The van der Waals surface area contributed by atoms with Gasteiger partial charge in [0, 0.05) is 30.2 Å². The van der Waals surface area contributed by atoms with Crippen molar-refractivity contribution in [2.75, 3.05) is 5.73 Å². The summed E-state index contributed by atoms with van der Waals surface area (Å²) in [5.41, 5.74) is 7.94. The number of nitrogens with zero attached hydrogens (tertiary/aromatic N) is 2. The molecule has 3 rings (SSSR count). The van der Waals surface area contributed by atoms with Crippen LogP contribution in [0.5, 0.6) is 0 Å². The molecule has 3 aromatic rings. The number of imidazole rings is 1. The van der Waals surface area contributed by atoms with E-state index in [1.54, 1.807) is 6.20 Å². The van der Waals surface area contributed by atoms with Crippen molar-refractivity contribution in [3.05, 3.63) is 78.4 Å². The summed E-state index contributed by atoms with van der Waals surface area (Å²) >= 11 is 0. The smallest absolute Gasteiger partial charge is 0.408 e. The molecule has 0 aliphatic carbocycles. The normalized spacial score (nSPS) is 12.4. The van der Waals surface area contributed by atoms with Crippen LogP contribution in [-0.4, -0.2) is 21.2 Å². The molecule has 1 amide bonds. The molecule has 0 unspecified atom stereocenters. The van der Waals surface area contributed by atoms with Crippen LogP contribution in [-0.2, 0) is 11.2 Å². The first-order valence-corrected chi connectivity index (χ1v) is 9.24. The number of ether oxygens (including phenoxy) is 1. The molecular weight excluding hydrogens is 352 g/mol. The Hall–Kier alpha value is -3.28. The average Bonchev–Trinajstić information content (AvgIpc) is 3.11. The fourth-order valence-corrected chi connectivity index (χ4v) is 2.93. The number of nitrogen functional groups attached to an aromatic ring is 1. The number of nitrogens with one attached hydrogen (secondary N) is 1. The molecule has 1 aromatic heterocycles. The maximum Gasteiger partial charge on any atom is 0.408 e. The number of rotatable bonds is 5. The molecule has 0 spiro atoms. The molecule has 0 fully saturated rings. The molecular formula is C22H26N4O2. The number of carbonyl (C=O) groups is 1. The van der Waals surface area contributed by atoms with Crippen molar-refractivity contribution in [2.24, 2.45) is 0 Å². The van der Waals surface area contributed by atoms with Gasteiger partial charge >= 0.3 is 6.09 Å². The van der Waals surface area contributed by atoms with Gasteiger partial charge in [0.1, 0.15) is 11.4 Å². The van der Waals surface area contributed by atoms with Crippen LogP contribution in [0.4, 0.5) is 10.5 Å². The monoisotopic (exact) mass is 378 g/mol. The number of alkyl carbamates (subject to hydrolysis) is 1. The second-order valence-electron chi connectivity index (χ2n) is 7.64. The summed E-state index contributed by atoms with van der Waals surface area (Å²) in [6.45, 7) is 5.52. The molecule has 6 heteroatoms. The molecule has 0 saturated carbocycles. The van der Waals surface area contributed by atoms with E-state index >= 15 is 0 Å². The highest BCUT2D eigenvalue weighted by Crippen LogP contribution is 2.22. The van der Waals surface area contributed by atoms with E-state index < -0.39 is 11.7 Å². The Morgan fingerprint density at radius 1 is 1.14 bits per heavy atom. The fourth-order valence-electron chi connectivity index (χ4n) is 2.93. The molecule has 2 aromatic carbocycles. The number of anilines is 1. The standard InChI is InChI=1S/C22H26N4O2/c1-22(2,3)28-21(27)25-19(15-16-7-5-4-6-8-16)20-24-13-14-26(20)18-11-9-17(23)10-12-18/h4-14,19H,15,23H2,1-3H3,(H,25,27)/t19-/m0/s1. The Balaban J connectivity index is 1.91. The van der Waals surface area contributed by atoms with Crippen molar-refractivity contribution >= 4 is 11.8 Å². The third-order valence-electron chi connectivity index (χ3n) is 4.13. The van der Waals surface area contributed by atoms with Gasteiger partial charge in [-0.15, -0.1) is 0 Å². The molecule has 0 aliphatic rings. The maximum atomic E-state index is 12.5. The number of nitrogens with two attached hydrogens (primary N) is 1. The zero-order valence-corrected chi connectivity index (χ0v) is 16.4. The largest absolute Gasteiger partial charge is 0.444 e. The van der Waals surface area contributed by atoms with E-state index in [9.17, 15) is 4.79 Å². The molecule has 6 nitrogen and oxygen atoms in total. The van der Waals surface area contributed by atoms with Crippen LogP contribution in [0.15, 0.2) is 67.0 Å². The van der Waals surface area contributed by atoms with Crippen molar-refractivity contribution in [3.63, 3.8) is 0 Å². The summed E-state index contributed by atoms with van der Waals surface area (Å²) in [6, 6.07) is 17.2. The number of hydrogen-bond donors (Lipinski definition) is 2. The Labute approximate surface area is 165 Å². The molecule has 1 heterocycles. The lowest BCUT2D eigenvalue weighted by Gasteiger charge is -2.24. The van der Waals surface area contributed by atoms with Gasteiger partial charge < -0.3 is 20.4 Å². The summed E-state index contributed by atoms with van der Waals surface area (Å²) in [7, 11) is 0. The maximum absolute atomic E-state index is 12.5. The van der Waals surface area contributed by atoms with Crippen LogP contribution >= 0.6 is 0 Å². The average molecular weight is 378 g/mol. The lowest BCUT2D eigenvalue weighted by Crippen LogP contribution is -2.36. The third kappa shape index (κ3) is 5.13. The SMILES string of the molecule is CC(C)(C)OC(=O)N[C@@H](Cc1ccccc1)c1nccn1-c1ccc(N)cc1. The van der Waals surface area contributed by atoms with E-state index in [1.165, 1.54) is 0 Å². The Morgan fingerprint density at radius 2 is 1.82 bits per heavy atom. The topological polar surface area (TPSA) is 82.2 Å². The van der Waals surface area contributed by atoms with Crippen molar-refractivity contribution in [2.45, 2.75) is 38.8 Å². The Bertz CT molecular complexity index is 912. The van der Waals surface area contributed by atoms with Gasteiger partial charge in [-0.05, 0) is 50.6 Å². The molecule has 0 radical (unpaired) electrons. The van der Waals surface area contributed by atoms with Gasteiger partial charge in [-0.1, -0.05) is 30.3 Å². The minimum Gasteiger partial charge on any atom is -0.444 e. The fraction of sp³-hybridized carbons (Fsp3) is 0.273. The number of benzene rings is 2. The summed E-state index contributed by atoms with van der Waals surface area (Å²) in [4.78, 5) is 17.0. The van der Waals surface area contributed by atoms with Crippen molar-refractivity contribution < 1.29 is 9.53 Å². The highest BCUT2D eigenvalue weighted by molar-refractivity contribution is 5.68. The van der Waals surface area contributed by atoms with Crippen LogP contribution in [0.25, 0.3) is 5.69 Å². The van der Waals surface area contributed by atoms with E-state index in [4.69, 9.17) is 10.5 Å². The van der Waals surface area contributed by atoms with E-state index in [-0.39, 0.29) is 6.04 Å². The van der Waals surface area contributed by atoms with E-state index in [2.05, 4.69) is 10.3 Å². The molecule has 28 heavy (non-hydrogen) atoms. The van der Waals surface area contributed by atoms with Gasteiger partial charge in [-0.25, -0.2) is 9.78 Å². The van der Waals surface area contributed by atoms with Gasteiger partial charge in [-0.2, -0.15) is 0 Å². The van der Waals surface area contributed by atoms with Crippen molar-refractivity contribution in [1.82, 2.24) is 14.9 Å². The summed E-state index contributed by atoms with van der Waals surface area (Å²) in [5.74, 6) is 0.722. The van der Waals surface area contributed by atoms with Gasteiger partial charge in [0.15, 0.2) is 0 Å². The molecule has 3 N–H and O–H groups in total. The van der Waals surface area contributed by atoms with Crippen molar-refractivity contribution in [3.8, 4) is 5.69 Å². The Morgan fingerprint density at radius 3 is 2.46 bits per heavy atom. The number of amides is 1. The number of aromatic nitrogens is 2. The third-order valence-corrected chi connectivity index (χ3v) is 4.13. The highest BCUT2D eigenvalue weighted by Gasteiger charge is 2.24. The van der Waals surface area contributed by atoms with Crippen LogP contribution in [0.2, 0.25) is 0 Å². The van der Waals surface area contributed by atoms with Crippen LogP contribution in [0.1, 0.15) is 38.2 Å². The van der Waals surface area contributed by atoms with E-state index in [0.717, 1.165) is 17.1 Å². The van der Waals surface area contributed by atoms with Gasteiger partial charge in [0.2, 0.25) is 0 Å². The summed E-state index contributed by atoms with van der Waals surface area (Å²) in [6.07, 6.45) is 3.71. The van der Waals surface area contributed by atoms with Crippen molar-refractivity contribution in [1.29, 1.82) is 0 Å². The minimum absolute atomic E-state index is 0.357. The lowest BCUT2D eigenvalue weighted by molar-refractivity contribution is 0.0500. The molecule has 0 saturated heterocycles. The Kier molecular flexibility index (Phi) is 5.68. The molecule has 1 atom stereocenters. The second-order valence-corrected chi connectivity index (χ2v) is 7.64. The van der Waals surface area contributed by atoms with Gasteiger partial charge in [-0.3, -0.25) is 0 Å². The predicted molar refractivity (Wildman–Crippen MR) is 110 cm³/mol. The quantitative estimate of drug-likeness (QED) is 0.650. The first-order valence-electron chi connectivity index (χ1n) is 9.24. The summed E-state index contributed by atoms with van der Waals surface area (Å²) in [5, 5.41) is 2.98. The van der Waals surface area contributed by atoms with Gasteiger partial charge in [0.05, 0.1) is 6.04 Å². The first kappa shape index (κ1) is 19.5. The first-order chi connectivity index (χ1) is 13.3. The highest BCUT2D eigenvalue weighted by atomic mass is 16.6. The molecule has 146 valence electrons. The van der Waals surface area contributed by atoms with Gasteiger partial charge in [0.25, 0.3) is 0 Å². The lowest BCUT2D eigenvalue weighted by atomic mass is 10.1. The predicted octanol–water partition coefficient (Wildman–Crippen LogP) is 4.26. The summed E-state index contributed by atoms with van der Waals surface area (Å²) < 4.78 is 7.41. The van der Waals surface area contributed by atoms with Crippen LogP contribution in [0.3, 0.4) is 0 Å². The molecule has 0 aliphatic heterocycles. The van der Waals surface area contributed by atoms with Crippen LogP contribution in [0, 0.1) is 0 Å². The number of hydrogen-bond acceptors (Lipinski definition) is 4. The zero-order chi connectivity index (χ0) is 20.1. The minimum atomic E-state index is -0.576. The number of carbonyl (C=O) groups excluding carboxylic acids is 1. The van der Waals surface area contributed by atoms with E-state index in [1.807, 2.05) is 86.1 Å².